The van der Waals surface area contributed by atoms with Gasteiger partial charge in [0.1, 0.15) is 5.82 Å². The molecule has 1 heterocycles. The van der Waals surface area contributed by atoms with Gasteiger partial charge in [-0.25, -0.2) is 9.18 Å². The van der Waals surface area contributed by atoms with E-state index in [0.29, 0.717) is 18.7 Å². The van der Waals surface area contributed by atoms with E-state index in [2.05, 4.69) is 29.6 Å². The van der Waals surface area contributed by atoms with Crippen LogP contribution in [0.1, 0.15) is 28.2 Å². The molecule has 3 aromatic rings. The topological polar surface area (TPSA) is 32.3 Å². The Labute approximate surface area is 158 Å². The lowest BCUT2D eigenvalue weighted by Gasteiger charge is -2.35. The lowest BCUT2D eigenvalue weighted by Crippen LogP contribution is -2.44. The first-order chi connectivity index (χ1) is 13.2. The average Bonchev–Trinajstić information content (AvgIpc) is 2.73. The molecule has 0 spiro atoms. The largest absolute Gasteiger partial charge is 0.334 e. The summed E-state index contributed by atoms with van der Waals surface area (Å²) in [6.45, 7) is 1.34. The predicted octanol–water partition coefficient (Wildman–Crippen LogP) is 4.68. The summed E-state index contributed by atoms with van der Waals surface area (Å²) < 4.78 is 13.8. The predicted molar refractivity (Wildman–Crippen MR) is 104 cm³/mol. The molecule has 136 valence electrons. The molecule has 1 aliphatic heterocycles. The molecular weight excluding hydrogens is 339 g/mol. The second kappa shape index (κ2) is 7.62. The number of carbonyl (C=O) groups excluding carboxylic acids is 1. The van der Waals surface area contributed by atoms with Crippen LogP contribution in [0.3, 0.4) is 0 Å². The maximum atomic E-state index is 13.8. The summed E-state index contributed by atoms with van der Waals surface area (Å²) in [5, 5.41) is 2.86. The highest BCUT2D eigenvalue weighted by Crippen LogP contribution is 2.33. The van der Waals surface area contributed by atoms with E-state index in [1.54, 1.807) is 23.1 Å². The maximum absolute atomic E-state index is 13.8. The van der Waals surface area contributed by atoms with Crippen molar-refractivity contribution in [2.75, 3.05) is 6.54 Å². The minimum absolute atomic E-state index is 0.135. The van der Waals surface area contributed by atoms with Gasteiger partial charge in [0.15, 0.2) is 0 Å². The zero-order valence-electron chi connectivity index (χ0n) is 14.9. The summed E-state index contributed by atoms with van der Waals surface area (Å²) in [5.74, 6) is -0.167. The number of rotatable bonds is 3. The zero-order chi connectivity index (χ0) is 18.6. The van der Waals surface area contributed by atoms with Crippen LogP contribution in [0.5, 0.6) is 0 Å². The lowest BCUT2D eigenvalue weighted by atomic mass is 9.85. The van der Waals surface area contributed by atoms with Crippen molar-refractivity contribution in [1.82, 2.24) is 10.2 Å². The summed E-state index contributed by atoms with van der Waals surface area (Å²) in [5.41, 5.74) is 4.10. The molecule has 2 amide bonds. The third-order valence-electron chi connectivity index (χ3n) is 5.07. The van der Waals surface area contributed by atoms with E-state index in [4.69, 9.17) is 0 Å². The summed E-state index contributed by atoms with van der Waals surface area (Å²) >= 11 is 0. The van der Waals surface area contributed by atoms with E-state index in [9.17, 15) is 9.18 Å². The number of amides is 2. The van der Waals surface area contributed by atoms with Gasteiger partial charge in [-0.2, -0.15) is 0 Å². The smallest absolute Gasteiger partial charge is 0.317 e. The van der Waals surface area contributed by atoms with Gasteiger partial charge in [-0.15, -0.1) is 0 Å². The summed E-state index contributed by atoms with van der Waals surface area (Å²) in [6, 6.07) is 24.8. The molecular formula is C23H21FN2O. The van der Waals surface area contributed by atoms with Crippen molar-refractivity contribution in [2.45, 2.75) is 19.0 Å². The second-order valence-corrected chi connectivity index (χ2v) is 6.79. The number of halogens is 1. The van der Waals surface area contributed by atoms with Crippen molar-refractivity contribution in [1.29, 1.82) is 0 Å². The number of benzene rings is 3. The van der Waals surface area contributed by atoms with Gasteiger partial charge in [-0.3, -0.25) is 0 Å². The van der Waals surface area contributed by atoms with E-state index in [0.717, 1.165) is 5.56 Å². The molecule has 0 saturated carbocycles. The second-order valence-electron chi connectivity index (χ2n) is 6.79. The molecule has 1 aliphatic rings. The molecule has 27 heavy (non-hydrogen) atoms. The van der Waals surface area contributed by atoms with Crippen LogP contribution in [-0.2, 0) is 13.1 Å². The van der Waals surface area contributed by atoms with Crippen LogP contribution in [0.4, 0.5) is 9.18 Å². The van der Waals surface area contributed by atoms with Crippen molar-refractivity contribution in [3.63, 3.8) is 0 Å². The van der Waals surface area contributed by atoms with Crippen molar-refractivity contribution in [3.05, 3.63) is 107 Å². The van der Waals surface area contributed by atoms with Crippen LogP contribution in [0.25, 0.3) is 0 Å². The van der Waals surface area contributed by atoms with Gasteiger partial charge < -0.3 is 10.2 Å². The first-order valence-corrected chi connectivity index (χ1v) is 9.11. The fourth-order valence-corrected chi connectivity index (χ4v) is 3.66. The van der Waals surface area contributed by atoms with Crippen LogP contribution >= 0.6 is 0 Å². The van der Waals surface area contributed by atoms with E-state index in [-0.39, 0.29) is 24.3 Å². The number of hydrogen-bond acceptors (Lipinski definition) is 1. The Bertz CT molecular complexity index is 942. The number of fused-ring (bicyclic) bond motifs is 1. The Morgan fingerprint density at radius 1 is 0.963 bits per heavy atom. The standard InChI is InChI=1S/C23H21FN2O/c24-22-13-7-5-10-18(22)14-25-23(27)26-15-19-11-4-6-12-20(19)21(16-26)17-8-2-1-3-9-17/h1-13,21H,14-16H2,(H,25,27)/t21-/m1/s1. The summed E-state index contributed by atoms with van der Waals surface area (Å²) in [4.78, 5) is 14.6. The number of nitrogens with zero attached hydrogens (tertiary/aromatic N) is 1. The quantitative estimate of drug-likeness (QED) is 0.722. The van der Waals surface area contributed by atoms with Crippen LogP contribution in [0, 0.1) is 5.82 Å². The number of nitrogens with one attached hydrogen (secondary N) is 1. The Morgan fingerprint density at radius 3 is 2.48 bits per heavy atom. The number of hydrogen-bond donors (Lipinski definition) is 1. The zero-order valence-corrected chi connectivity index (χ0v) is 14.9. The fourth-order valence-electron chi connectivity index (χ4n) is 3.66. The molecule has 0 saturated heterocycles. The number of urea groups is 1. The SMILES string of the molecule is O=C(NCc1ccccc1F)N1Cc2ccccc2[C@@H](c2ccccc2)C1. The highest BCUT2D eigenvalue weighted by molar-refractivity contribution is 5.75. The van der Waals surface area contributed by atoms with Crippen LogP contribution < -0.4 is 5.32 Å². The van der Waals surface area contributed by atoms with E-state index in [1.807, 2.05) is 30.3 Å². The Balaban J connectivity index is 1.54. The van der Waals surface area contributed by atoms with Gasteiger partial charge in [0.2, 0.25) is 0 Å². The minimum atomic E-state index is -0.302. The molecule has 0 bridgehead atoms. The fraction of sp³-hybridized carbons (Fsp3) is 0.174. The third-order valence-corrected chi connectivity index (χ3v) is 5.07. The first-order valence-electron chi connectivity index (χ1n) is 9.11. The van der Waals surface area contributed by atoms with E-state index >= 15 is 0 Å². The van der Waals surface area contributed by atoms with E-state index in [1.165, 1.54) is 17.2 Å². The minimum Gasteiger partial charge on any atom is -0.334 e. The van der Waals surface area contributed by atoms with Gasteiger partial charge in [0.25, 0.3) is 0 Å². The highest BCUT2D eigenvalue weighted by Gasteiger charge is 2.28. The van der Waals surface area contributed by atoms with Crippen molar-refractivity contribution >= 4 is 6.03 Å². The molecule has 3 aromatic carbocycles. The van der Waals surface area contributed by atoms with Gasteiger partial charge in [0.05, 0.1) is 0 Å². The average molecular weight is 360 g/mol. The van der Waals surface area contributed by atoms with Crippen LogP contribution in [0.2, 0.25) is 0 Å². The molecule has 3 nitrogen and oxygen atoms in total. The third kappa shape index (κ3) is 3.70. The van der Waals surface area contributed by atoms with E-state index < -0.39 is 0 Å². The maximum Gasteiger partial charge on any atom is 0.317 e. The van der Waals surface area contributed by atoms with Gasteiger partial charge in [-0.1, -0.05) is 72.8 Å². The van der Waals surface area contributed by atoms with Crippen LogP contribution in [0.15, 0.2) is 78.9 Å². The van der Waals surface area contributed by atoms with Gasteiger partial charge >= 0.3 is 6.03 Å². The molecule has 4 heteroatoms. The monoisotopic (exact) mass is 360 g/mol. The Morgan fingerprint density at radius 2 is 1.67 bits per heavy atom. The first kappa shape index (κ1) is 17.3. The van der Waals surface area contributed by atoms with Crippen molar-refractivity contribution < 1.29 is 9.18 Å². The molecule has 0 aromatic heterocycles. The molecule has 0 fully saturated rings. The molecule has 0 unspecified atom stereocenters. The van der Waals surface area contributed by atoms with Gasteiger partial charge in [-0.05, 0) is 22.8 Å². The normalized spacial score (nSPS) is 15.9. The molecule has 1 N–H and O–H groups in total. The van der Waals surface area contributed by atoms with Crippen molar-refractivity contribution in [3.8, 4) is 0 Å². The molecule has 4 rings (SSSR count). The molecule has 0 radical (unpaired) electrons. The summed E-state index contributed by atoms with van der Waals surface area (Å²) in [6.07, 6.45) is 0. The van der Waals surface area contributed by atoms with Gasteiger partial charge in [0, 0.05) is 31.1 Å². The lowest BCUT2D eigenvalue weighted by molar-refractivity contribution is 0.188. The van der Waals surface area contributed by atoms with Crippen LogP contribution in [-0.4, -0.2) is 17.5 Å². The number of carbonyl (C=O) groups is 1. The van der Waals surface area contributed by atoms with Crippen molar-refractivity contribution in [2.24, 2.45) is 0 Å². The molecule has 0 aliphatic carbocycles. The molecule has 1 atom stereocenters. The summed E-state index contributed by atoms with van der Waals surface area (Å²) in [7, 11) is 0. The highest BCUT2D eigenvalue weighted by atomic mass is 19.1. The Hall–Kier alpha value is -3.14. The Kier molecular flexibility index (Phi) is 4.88.